The van der Waals surface area contributed by atoms with Crippen LogP contribution in [-0.2, 0) is 11.3 Å². The van der Waals surface area contributed by atoms with E-state index >= 15 is 0 Å². The molecule has 108 valence electrons. The molecular formula is C15H24FNO2. The van der Waals surface area contributed by atoms with Crippen molar-refractivity contribution in [2.75, 3.05) is 27.4 Å². The number of hydrogen-bond acceptors (Lipinski definition) is 3. The van der Waals surface area contributed by atoms with Crippen molar-refractivity contribution in [2.45, 2.75) is 26.8 Å². The molecule has 4 heteroatoms. The third-order valence-corrected chi connectivity index (χ3v) is 3.17. The van der Waals surface area contributed by atoms with Crippen molar-refractivity contribution in [3.63, 3.8) is 0 Å². The van der Waals surface area contributed by atoms with E-state index in [1.807, 2.05) is 0 Å². The largest absolute Gasteiger partial charge is 0.494 e. The first-order chi connectivity index (χ1) is 9.00. The van der Waals surface area contributed by atoms with Gasteiger partial charge in [-0.2, -0.15) is 0 Å². The quantitative estimate of drug-likeness (QED) is 0.787. The van der Waals surface area contributed by atoms with Gasteiger partial charge in [-0.15, -0.1) is 0 Å². The highest BCUT2D eigenvalue weighted by Gasteiger charge is 2.17. The van der Waals surface area contributed by atoms with Gasteiger partial charge in [0.25, 0.3) is 0 Å². The highest BCUT2D eigenvalue weighted by molar-refractivity contribution is 5.30. The monoisotopic (exact) mass is 269 g/mol. The summed E-state index contributed by atoms with van der Waals surface area (Å²) in [7, 11) is 3.18. The normalized spacial score (nSPS) is 11.6. The van der Waals surface area contributed by atoms with Gasteiger partial charge in [0.1, 0.15) is 0 Å². The minimum absolute atomic E-state index is 0.130. The van der Waals surface area contributed by atoms with Crippen LogP contribution in [0.25, 0.3) is 0 Å². The van der Waals surface area contributed by atoms with Crippen molar-refractivity contribution in [3.8, 4) is 5.75 Å². The van der Waals surface area contributed by atoms with Crippen LogP contribution in [0.15, 0.2) is 18.2 Å². The van der Waals surface area contributed by atoms with Gasteiger partial charge in [0.05, 0.1) is 7.11 Å². The first-order valence-corrected chi connectivity index (χ1v) is 6.51. The van der Waals surface area contributed by atoms with Crippen molar-refractivity contribution >= 4 is 0 Å². The molecule has 0 heterocycles. The summed E-state index contributed by atoms with van der Waals surface area (Å²) >= 11 is 0. The average molecular weight is 269 g/mol. The van der Waals surface area contributed by atoms with Crippen LogP contribution in [0.5, 0.6) is 5.75 Å². The minimum Gasteiger partial charge on any atom is -0.494 e. The lowest BCUT2D eigenvalue weighted by molar-refractivity contribution is 0.150. The van der Waals surface area contributed by atoms with E-state index < -0.39 is 0 Å². The SMILES string of the molecule is COCCC(C)(C)CNCc1cccc(OC)c1F. The Morgan fingerprint density at radius 3 is 2.63 bits per heavy atom. The minimum atomic E-state index is -0.285. The Labute approximate surface area is 115 Å². The molecule has 0 aliphatic carbocycles. The van der Waals surface area contributed by atoms with Crippen LogP contribution in [-0.4, -0.2) is 27.4 Å². The topological polar surface area (TPSA) is 30.5 Å². The number of rotatable bonds is 8. The van der Waals surface area contributed by atoms with Crippen molar-refractivity contribution in [3.05, 3.63) is 29.6 Å². The number of hydrogen-bond donors (Lipinski definition) is 1. The van der Waals surface area contributed by atoms with Crippen LogP contribution >= 0.6 is 0 Å². The Bertz CT molecular complexity index is 394. The van der Waals surface area contributed by atoms with Gasteiger partial charge in [-0.3, -0.25) is 0 Å². The molecule has 1 aromatic carbocycles. The molecule has 0 unspecified atom stereocenters. The maximum Gasteiger partial charge on any atom is 0.169 e. The number of ether oxygens (including phenoxy) is 2. The lowest BCUT2D eigenvalue weighted by Crippen LogP contribution is -2.30. The zero-order valence-corrected chi connectivity index (χ0v) is 12.3. The molecule has 19 heavy (non-hydrogen) atoms. The maximum absolute atomic E-state index is 13.9. The molecule has 0 fully saturated rings. The molecule has 1 N–H and O–H groups in total. The summed E-state index contributed by atoms with van der Waals surface area (Å²) in [6.07, 6.45) is 0.969. The molecule has 0 radical (unpaired) electrons. The molecule has 0 aliphatic heterocycles. The van der Waals surface area contributed by atoms with Gasteiger partial charge in [-0.25, -0.2) is 4.39 Å². The van der Waals surface area contributed by atoms with Crippen molar-refractivity contribution in [1.29, 1.82) is 0 Å². The number of benzene rings is 1. The molecule has 1 aromatic rings. The van der Waals surface area contributed by atoms with Gasteiger partial charge in [0, 0.05) is 32.4 Å². The second kappa shape index (κ2) is 7.46. The van der Waals surface area contributed by atoms with E-state index in [1.165, 1.54) is 7.11 Å². The van der Waals surface area contributed by atoms with Gasteiger partial charge in [0.15, 0.2) is 11.6 Å². The molecular weight excluding hydrogens is 245 g/mol. The summed E-state index contributed by atoms with van der Waals surface area (Å²) in [4.78, 5) is 0. The lowest BCUT2D eigenvalue weighted by Gasteiger charge is -2.24. The Balaban J connectivity index is 2.49. The third kappa shape index (κ3) is 5.17. The van der Waals surface area contributed by atoms with E-state index in [4.69, 9.17) is 9.47 Å². The van der Waals surface area contributed by atoms with Crippen LogP contribution in [0.3, 0.4) is 0 Å². The predicted molar refractivity (Wildman–Crippen MR) is 74.9 cm³/mol. The van der Waals surface area contributed by atoms with Crippen molar-refractivity contribution in [2.24, 2.45) is 5.41 Å². The second-order valence-electron chi connectivity index (χ2n) is 5.44. The third-order valence-electron chi connectivity index (χ3n) is 3.17. The Kier molecular flexibility index (Phi) is 6.25. The van der Waals surface area contributed by atoms with Gasteiger partial charge >= 0.3 is 0 Å². The van der Waals surface area contributed by atoms with Gasteiger partial charge in [0.2, 0.25) is 0 Å². The summed E-state index contributed by atoms with van der Waals surface area (Å²) in [5.74, 6) is 0.00476. The van der Waals surface area contributed by atoms with Crippen molar-refractivity contribution < 1.29 is 13.9 Å². The Morgan fingerprint density at radius 1 is 1.26 bits per heavy atom. The van der Waals surface area contributed by atoms with E-state index in [-0.39, 0.29) is 17.0 Å². The zero-order valence-electron chi connectivity index (χ0n) is 12.3. The fourth-order valence-corrected chi connectivity index (χ4v) is 1.85. The molecule has 0 aromatic heterocycles. The average Bonchev–Trinajstić information content (AvgIpc) is 2.38. The highest BCUT2D eigenvalue weighted by atomic mass is 19.1. The predicted octanol–water partition coefficient (Wildman–Crippen LogP) is 2.99. The molecule has 0 saturated carbocycles. The van der Waals surface area contributed by atoms with E-state index in [2.05, 4.69) is 19.2 Å². The molecule has 0 atom stereocenters. The Hall–Kier alpha value is -1.13. The maximum atomic E-state index is 13.9. The van der Waals surface area contributed by atoms with Gasteiger partial charge < -0.3 is 14.8 Å². The number of halogens is 1. The smallest absolute Gasteiger partial charge is 0.169 e. The molecule has 0 spiro atoms. The van der Waals surface area contributed by atoms with E-state index in [9.17, 15) is 4.39 Å². The summed E-state index contributed by atoms with van der Waals surface area (Å²) in [6.45, 7) is 6.39. The summed E-state index contributed by atoms with van der Waals surface area (Å²) < 4.78 is 24.0. The summed E-state index contributed by atoms with van der Waals surface area (Å²) in [5, 5.41) is 3.29. The zero-order chi connectivity index (χ0) is 14.3. The van der Waals surface area contributed by atoms with E-state index in [0.29, 0.717) is 12.1 Å². The van der Waals surface area contributed by atoms with Crippen LogP contribution in [0, 0.1) is 11.2 Å². The van der Waals surface area contributed by atoms with E-state index in [1.54, 1.807) is 25.3 Å². The fraction of sp³-hybridized carbons (Fsp3) is 0.600. The Morgan fingerprint density at radius 2 is 2.00 bits per heavy atom. The molecule has 0 amide bonds. The van der Waals surface area contributed by atoms with Crippen molar-refractivity contribution in [1.82, 2.24) is 5.32 Å². The lowest BCUT2D eigenvalue weighted by atomic mass is 9.89. The molecule has 0 aliphatic rings. The fourth-order valence-electron chi connectivity index (χ4n) is 1.85. The summed E-state index contributed by atoms with van der Waals surface area (Å²) in [5.41, 5.74) is 0.757. The molecule has 0 bridgehead atoms. The molecule has 3 nitrogen and oxygen atoms in total. The second-order valence-corrected chi connectivity index (χ2v) is 5.44. The molecule has 1 rings (SSSR count). The summed E-state index contributed by atoms with van der Waals surface area (Å²) in [6, 6.07) is 5.20. The van der Waals surface area contributed by atoms with Crippen LogP contribution in [0.4, 0.5) is 4.39 Å². The number of nitrogens with one attached hydrogen (secondary N) is 1. The highest BCUT2D eigenvalue weighted by Crippen LogP contribution is 2.21. The molecule has 0 saturated heterocycles. The van der Waals surface area contributed by atoms with Gasteiger partial charge in [-0.1, -0.05) is 26.0 Å². The van der Waals surface area contributed by atoms with E-state index in [0.717, 1.165) is 19.6 Å². The number of methoxy groups -OCH3 is 2. The van der Waals surface area contributed by atoms with Crippen LogP contribution in [0.2, 0.25) is 0 Å². The first-order valence-electron chi connectivity index (χ1n) is 6.51. The first kappa shape index (κ1) is 15.9. The standard InChI is InChI=1S/C15H24FNO2/c1-15(2,8-9-18-3)11-17-10-12-6-5-7-13(19-4)14(12)16/h5-7,17H,8-11H2,1-4H3. The van der Waals surface area contributed by atoms with Crippen LogP contribution < -0.4 is 10.1 Å². The van der Waals surface area contributed by atoms with Gasteiger partial charge in [-0.05, 0) is 17.9 Å². The van der Waals surface area contributed by atoms with Crippen LogP contribution in [0.1, 0.15) is 25.8 Å².